The zero-order valence-electron chi connectivity index (χ0n) is 13.7. The van der Waals surface area contributed by atoms with Crippen molar-refractivity contribution in [2.24, 2.45) is 0 Å². The van der Waals surface area contributed by atoms with E-state index in [-0.39, 0.29) is 11.6 Å². The standard InChI is InChI=1S/C20H15NO4S/c22-19(15-11-13-5-1-2-7-17(13)25-20(15)23)21-16(18-8-4-10-26-18)12-14-6-3-9-24-14/h1-11,16H,12H2,(H,21,22). The third-order valence-corrected chi connectivity index (χ3v) is 5.05. The molecule has 3 aromatic heterocycles. The summed E-state index contributed by atoms with van der Waals surface area (Å²) in [6.07, 6.45) is 2.10. The third-order valence-electron chi connectivity index (χ3n) is 4.06. The monoisotopic (exact) mass is 365 g/mol. The zero-order chi connectivity index (χ0) is 17.9. The van der Waals surface area contributed by atoms with Crippen molar-refractivity contribution in [3.05, 3.63) is 92.9 Å². The Morgan fingerprint density at radius 1 is 1.12 bits per heavy atom. The van der Waals surface area contributed by atoms with Crippen LogP contribution in [0.4, 0.5) is 0 Å². The number of fused-ring (bicyclic) bond motifs is 1. The number of carbonyl (C=O) groups excluding carboxylic acids is 1. The zero-order valence-corrected chi connectivity index (χ0v) is 14.5. The quantitative estimate of drug-likeness (QED) is 0.539. The SMILES string of the molecule is O=C(NC(Cc1ccco1)c1cccs1)c1cc2ccccc2oc1=O. The number of carbonyl (C=O) groups is 1. The summed E-state index contributed by atoms with van der Waals surface area (Å²) in [4.78, 5) is 25.9. The summed E-state index contributed by atoms with van der Waals surface area (Å²) in [5.41, 5.74) is -0.201. The molecule has 1 unspecified atom stereocenters. The summed E-state index contributed by atoms with van der Waals surface area (Å²) in [7, 11) is 0. The van der Waals surface area contributed by atoms with Crippen LogP contribution in [-0.4, -0.2) is 5.91 Å². The van der Waals surface area contributed by atoms with Gasteiger partial charge in [0.25, 0.3) is 5.91 Å². The largest absolute Gasteiger partial charge is 0.469 e. The molecule has 1 atom stereocenters. The van der Waals surface area contributed by atoms with Crippen molar-refractivity contribution in [2.75, 3.05) is 0 Å². The summed E-state index contributed by atoms with van der Waals surface area (Å²) >= 11 is 1.54. The van der Waals surface area contributed by atoms with E-state index in [4.69, 9.17) is 8.83 Å². The first-order chi connectivity index (χ1) is 12.7. The molecule has 0 radical (unpaired) electrons. The second-order valence-corrected chi connectivity index (χ2v) is 6.79. The summed E-state index contributed by atoms with van der Waals surface area (Å²) in [6.45, 7) is 0. The van der Waals surface area contributed by atoms with E-state index >= 15 is 0 Å². The molecule has 1 N–H and O–H groups in total. The molecule has 6 heteroatoms. The Bertz CT molecular complexity index is 1080. The molecule has 4 aromatic rings. The Labute approximate surface area is 152 Å². The maximum Gasteiger partial charge on any atom is 0.349 e. The molecule has 1 aromatic carbocycles. The number of furan rings is 1. The van der Waals surface area contributed by atoms with Crippen molar-refractivity contribution in [3.63, 3.8) is 0 Å². The second-order valence-electron chi connectivity index (χ2n) is 5.81. The van der Waals surface area contributed by atoms with E-state index in [0.29, 0.717) is 17.4 Å². The number of rotatable bonds is 5. The first-order valence-corrected chi connectivity index (χ1v) is 8.98. The molecule has 0 spiro atoms. The van der Waals surface area contributed by atoms with E-state index in [1.54, 1.807) is 36.6 Å². The van der Waals surface area contributed by atoms with Crippen LogP contribution in [0.1, 0.15) is 27.0 Å². The highest BCUT2D eigenvalue weighted by Crippen LogP contribution is 2.24. The molecule has 0 saturated heterocycles. The lowest BCUT2D eigenvalue weighted by Gasteiger charge is -2.16. The highest BCUT2D eigenvalue weighted by Gasteiger charge is 2.21. The molecule has 0 saturated carbocycles. The summed E-state index contributed by atoms with van der Waals surface area (Å²) in [6, 6.07) is 15.9. The fourth-order valence-corrected chi connectivity index (χ4v) is 3.58. The molecule has 0 bridgehead atoms. The van der Waals surface area contributed by atoms with Gasteiger partial charge in [0.05, 0.1) is 12.3 Å². The third kappa shape index (κ3) is 3.32. The van der Waals surface area contributed by atoms with Crippen LogP contribution in [0.15, 0.2) is 79.9 Å². The normalized spacial score (nSPS) is 12.2. The number of hydrogen-bond donors (Lipinski definition) is 1. The van der Waals surface area contributed by atoms with Crippen LogP contribution in [0.25, 0.3) is 11.0 Å². The van der Waals surface area contributed by atoms with Crippen LogP contribution in [0, 0.1) is 0 Å². The molecule has 0 aliphatic carbocycles. The van der Waals surface area contributed by atoms with Gasteiger partial charge in [0.1, 0.15) is 16.9 Å². The Balaban J connectivity index is 1.64. The lowest BCUT2D eigenvalue weighted by Crippen LogP contribution is -2.32. The van der Waals surface area contributed by atoms with Gasteiger partial charge in [0, 0.05) is 16.7 Å². The number of hydrogen-bond acceptors (Lipinski definition) is 5. The average molecular weight is 365 g/mol. The molecule has 1 amide bonds. The van der Waals surface area contributed by atoms with E-state index in [9.17, 15) is 9.59 Å². The van der Waals surface area contributed by atoms with Gasteiger partial charge >= 0.3 is 5.63 Å². The number of nitrogens with one attached hydrogen (secondary N) is 1. The van der Waals surface area contributed by atoms with Crippen LogP contribution in [0.3, 0.4) is 0 Å². The Morgan fingerprint density at radius 3 is 2.77 bits per heavy atom. The van der Waals surface area contributed by atoms with Crippen molar-refractivity contribution >= 4 is 28.2 Å². The summed E-state index contributed by atoms with van der Waals surface area (Å²) in [5, 5.41) is 5.58. The molecule has 0 fully saturated rings. The number of amides is 1. The summed E-state index contributed by atoms with van der Waals surface area (Å²) in [5.74, 6) is 0.295. The molecule has 0 aliphatic rings. The predicted octanol–water partition coefficient (Wildman–Crippen LogP) is 4.16. The fraction of sp³-hybridized carbons (Fsp3) is 0.100. The van der Waals surface area contributed by atoms with Gasteiger partial charge in [-0.15, -0.1) is 11.3 Å². The van der Waals surface area contributed by atoms with Crippen LogP contribution >= 0.6 is 11.3 Å². The van der Waals surface area contributed by atoms with Crippen LogP contribution in [0.2, 0.25) is 0 Å². The van der Waals surface area contributed by atoms with Crippen molar-refractivity contribution in [3.8, 4) is 0 Å². The Morgan fingerprint density at radius 2 is 2.00 bits per heavy atom. The highest BCUT2D eigenvalue weighted by molar-refractivity contribution is 7.10. The lowest BCUT2D eigenvalue weighted by atomic mass is 10.1. The van der Waals surface area contributed by atoms with E-state index in [1.807, 2.05) is 29.6 Å². The lowest BCUT2D eigenvalue weighted by molar-refractivity contribution is 0.0932. The van der Waals surface area contributed by atoms with Gasteiger partial charge in [-0.25, -0.2) is 4.79 Å². The van der Waals surface area contributed by atoms with Crippen molar-refractivity contribution in [1.29, 1.82) is 0 Å². The van der Waals surface area contributed by atoms with Gasteiger partial charge in [-0.05, 0) is 35.7 Å². The number of benzene rings is 1. The predicted molar refractivity (Wildman–Crippen MR) is 99.4 cm³/mol. The van der Waals surface area contributed by atoms with Crippen LogP contribution in [-0.2, 0) is 6.42 Å². The fourth-order valence-electron chi connectivity index (χ4n) is 2.80. The summed E-state index contributed by atoms with van der Waals surface area (Å²) < 4.78 is 10.7. The maximum atomic E-state index is 12.7. The minimum Gasteiger partial charge on any atom is -0.469 e. The first-order valence-electron chi connectivity index (χ1n) is 8.10. The number of para-hydroxylation sites is 1. The molecular formula is C20H15NO4S. The molecular weight excluding hydrogens is 350 g/mol. The minimum absolute atomic E-state index is 0.00954. The van der Waals surface area contributed by atoms with Gasteiger partial charge in [-0.2, -0.15) is 0 Å². The maximum absolute atomic E-state index is 12.7. The minimum atomic E-state index is -0.649. The Kier molecular flexibility index (Phi) is 4.41. The van der Waals surface area contributed by atoms with E-state index in [1.165, 1.54) is 11.3 Å². The topological polar surface area (TPSA) is 72.5 Å². The molecule has 0 aliphatic heterocycles. The second kappa shape index (κ2) is 7.01. The molecule has 3 heterocycles. The van der Waals surface area contributed by atoms with Gasteiger partial charge in [-0.3, -0.25) is 4.79 Å². The molecule has 5 nitrogen and oxygen atoms in total. The van der Waals surface area contributed by atoms with Gasteiger partial charge in [-0.1, -0.05) is 24.3 Å². The van der Waals surface area contributed by atoms with E-state index in [0.717, 1.165) is 10.6 Å². The van der Waals surface area contributed by atoms with Crippen molar-refractivity contribution in [1.82, 2.24) is 5.32 Å². The van der Waals surface area contributed by atoms with Gasteiger partial charge in [0.2, 0.25) is 0 Å². The smallest absolute Gasteiger partial charge is 0.349 e. The van der Waals surface area contributed by atoms with Crippen LogP contribution < -0.4 is 10.9 Å². The molecule has 4 rings (SSSR count). The first kappa shape index (κ1) is 16.4. The number of thiophene rings is 1. The van der Waals surface area contributed by atoms with E-state index < -0.39 is 11.5 Å². The highest BCUT2D eigenvalue weighted by atomic mass is 32.1. The molecule has 130 valence electrons. The van der Waals surface area contributed by atoms with Crippen molar-refractivity contribution in [2.45, 2.75) is 12.5 Å². The van der Waals surface area contributed by atoms with Gasteiger partial charge < -0.3 is 14.2 Å². The van der Waals surface area contributed by atoms with Crippen LogP contribution in [0.5, 0.6) is 0 Å². The van der Waals surface area contributed by atoms with Gasteiger partial charge in [0.15, 0.2) is 0 Å². The van der Waals surface area contributed by atoms with E-state index in [2.05, 4.69) is 5.32 Å². The average Bonchev–Trinajstić information content (AvgIpc) is 3.34. The van der Waals surface area contributed by atoms with Crippen molar-refractivity contribution < 1.29 is 13.6 Å². The molecule has 26 heavy (non-hydrogen) atoms. The Hall–Kier alpha value is -3.12.